The lowest BCUT2D eigenvalue weighted by Crippen LogP contribution is -2.02. The van der Waals surface area contributed by atoms with Crippen molar-refractivity contribution in [2.45, 2.75) is 6.54 Å². The zero-order valence-electron chi connectivity index (χ0n) is 10.7. The van der Waals surface area contributed by atoms with E-state index in [4.69, 9.17) is 5.11 Å². The maximum atomic E-state index is 13.2. The third-order valence-corrected chi connectivity index (χ3v) is 2.79. The molecule has 0 fully saturated rings. The lowest BCUT2D eigenvalue weighted by Gasteiger charge is -2.07. The van der Waals surface area contributed by atoms with E-state index >= 15 is 0 Å². The summed E-state index contributed by atoms with van der Waals surface area (Å²) in [5.41, 5.74) is 0.884. The van der Waals surface area contributed by atoms with Gasteiger partial charge in [-0.05, 0) is 23.8 Å². The number of nitrogens with one attached hydrogen (secondary N) is 1. The van der Waals surface area contributed by atoms with Gasteiger partial charge in [-0.2, -0.15) is 0 Å². The Kier molecular flexibility index (Phi) is 4.13. The summed E-state index contributed by atoms with van der Waals surface area (Å²) in [6.07, 6.45) is 0. The number of benzene rings is 2. The monoisotopic (exact) mass is 290 g/mol. The Balaban J connectivity index is 2.09. The summed E-state index contributed by atoms with van der Waals surface area (Å²) in [6.45, 7) is 0.292. The molecule has 0 amide bonds. The fourth-order valence-corrected chi connectivity index (χ4v) is 1.75. The van der Waals surface area contributed by atoms with Crippen molar-refractivity contribution in [2.75, 3.05) is 5.32 Å². The van der Waals surface area contributed by atoms with E-state index in [1.54, 1.807) is 12.1 Å². The first-order valence-electron chi connectivity index (χ1n) is 5.97. The Hall–Kier alpha value is -2.96. The predicted octanol–water partition coefficient (Wildman–Crippen LogP) is 3.04. The number of non-ortho nitro benzene ring substituents is 1. The van der Waals surface area contributed by atoms with E-state index in [1.807, 2.05) is 0 Å². The molecule has 0 bridgehead atoms. The minimum atomic E-state index is -1.02. The van der Waals surface area contributed by atoms with Crippen molar-refractivity contribution >= 4 is 17.3 Å². The van der Waals surface area contributed by atoms with Crippen LogP contribution in [0.3, 0.4) is 0 Å². The Labute approximate surface area is 119 Å². The molecule has 0 unspecified atom stereocenters. The Bertz CT molecular complexity index is 686. The van der Waals surface area contributed by atoms with Crippen molar-refractivity contribution in [3.63, 3.8) is 0 Å². The van der Waals surface area contributed by atoms with E-state index < -0.39 is 16.7 Å². The molecule has 0 aliphatic carbocycles. The van der Waals surface area contributed by atoms with Crippen molar-refractivity contribution in [1.29, 1.82) is 0 Å². The van der Waals surface area contributed by atoms with Crippen LogP contribution >= 0.6 is 0 Å². The average Bonchev–Trinajstić information content (AvgIpc) is 2.45. The first kappa shape index (κ1) is 14.4. The van der Waals surface area contributed by atoms with Crippen LogP contribution in [0.2, 0.25) is 0 Å². The van der Waals surface area contributed by atoms with Crippen LogP contribution < -0.4 is 5.32 Å². The SMILES string of the molecule is O=C(O)c1ccc(CNc2cc(F)cc([N+](=O)[O-])c2)cc1. The number of nitrogens with zero attached hydrogens (tertiary/aromatic N) is 1. The number of hydrogen-bond acceptors (Lipinski definition) is 4. The van der Waals surface area contributed by atoms with Crippen LogP contribution in [0.25, 0.3) is 0 Å². The zero-order valence-corrected chi connectivity index (χ0v) is 10.7. The number of carboxylic acid groups (broad SMARTS) is 1. The number of carboxylic acids is 1. The van der Waals surface area contributed by atoms with E-state index in [0.29, 0.717) is 6.54 Å². The lowest BCUT2D eigenvalue weighted by atomic mass is 10.1. The summed E-state index contributed by atoms with van der Waals surface area (Å²) in [4.78, 5) is 20.7. The van der Waals surface area contributed by atoms with Crippen LogP contribution in [0.5, 0.6) is 0 Å². The number of nitro groups is 1. The van der Waals surface area contributed by atoms with Gasteiger partial charge in [-0.15, -0.1) is 0 Å². The van der Waals surface area contributed by atoms with Gasteiger partial charge in [-0.3, -0.25) is 10.1 Å². The highest BCUT2D eigenvalue weighted by atomic mass is 19.1. The number of halogens is 1. The van der Waals surface area contributed by atoms with Gasteiger partial charge >= 0.3 is 5.97 Å². The summed E-state index contributed by atoms with van der Waals surface area (Å²) in [6, 6.07) is 9.36. The van der Waals surface area contributed by atoms with Gasteiger partial charge < -0.3 is 10.4 Å². The quantitative estimate of drug-likeness (QED) is 0.652. The molecule has 0 aliphatic rings. The van der Waals surface area contributed by atoms with Crippen LogP contribution in [0.15, 0.2) is 42.5 Å². The molecule has 0 aliphatic heterocycles. The Morgan fingerprint density at radius 1 is 1.24 bits per heavy atom. The van der Waals surface area contributed by atoms with E-state index in [-0.39, 0.29) is 16.9 Å². The van der Waals surface area contributed by atoms with Crippen LogP contribution in [-0.4, -0.2) is 16.0 Å². The van der Waals surface area contributed by atoms with E-state index in [0.717, 1.165) is 17.7 Å². The molecule has 6 nitrogen and oxygen atoms in total. The van der Waals surface area contributed by atoms with Gasteiger partial charge in [0, 0.05) is 18.3 Å². The van der Waals surface area contributed by atoms with Crippen molar-refractivity contribution in [3.8, 4) is 0 Å². The molecule has 108 valence electrons. The number of hydrogen-bond donors (Lipinski definition) is 2. The molecule has 0 radical (unpaired) electrons. The molecule has 2 aromatic carbocycles. The number of carbonyl (C=O) groups is 1. The normalized spacial score (nSPS) is 10.1. The third kappa shape index (κ3) is 3.75. The average molecular weight is 290 g/mol. The topological polar surface area (TPSA) is 92.5 Å². The summed E-state index contributed by atoms with van der Waals surface area (Å²) < 4.78 is 13.2. The molecule has 2 N–H and O–H groups in total. The van der Waals surface area contributed by atoms with Crippen LogP contribution in [0.1, 0.15) is 15.9 Å². The van der Waals surface area contributed by atoms with Gasteiger partial charge in [0.2, 0.25) is 0 Å². The van der Waals surface area contributed by atoms with Gasteiger partial charge in [0.05, 0.1) is 16.6 Å². The molecule has 2 rings (SSSR count). The minimum absolute atomic E-state index is 0.167. The lowest BCUT2D eigenvalue weighted by molar-refractivity contribution is -0.385. The molecule has 0 heterocycles. The summed E-state index contributed by atoms with van der Waals surface area (Å²) in [5.74, 6) is -1.72. The Morgan fingerprint density at radius 2 is 1.90 bits per heavy atom. The standard InChI is InChI=1S/C14H11FN2O4/c15-11-5-12(7-13(6-11)17(20)21)16-8-9-1-3-10(4-2-9)14(18)19/h1-7,16H,8H2,(H,18,19). The first-order valence-corrected chi connectivity index (χ1v) is 5.97. The van der Waals surface area contributed by atoms with Crippen molar-refractivity contribution in [2.24, 2.45) is 0 Å². The van der Waals surface area contributed by atoms with Crippen molar-refractivity contribution in [3.05, 3.63) is 69.5 Å². The number of rotatable bonds is 5. The van der Waals surface area contributed by atoms with Gasteiger partial charge in [0.15, 0.2) is 0 Å². The maximum Gasteiger partial charge on any atom is 0.335 e. The predicted molar refractivity (Wildman–Crippen MR) is 73.8 cm³/mol. The fourth-order valence-electron chi connectivity index (χ4n) is 1.75. The number of aromatic carboxylic acids is 1. The zero-order chi connectivity index (χ0) is 15.4. The molecule has 2 aromatic rings. The Morgan fingerprint density at radius 3 is 2.48 bits per heavy atom. The number of anilines is 1. The largest absolute Gasteiger partial charge is 0.478 e. The van der Waals surface area contributed by atoms with E-state index in [1.165, 1.54) is 18.2 Å². The molecule has 0 atom stereocenters. The summed E-state index contributed by atoms with van der Waals surface area (Å²) in [7, 11) is 0. The van der Waals surface area contributed by atoms with Gasteiger partial charge in [-0.25, -0.2) is 9.18 Å². The second kappa shape index (κ2) is 6.00. The second-order valence-electron chi connectivity index (χ2n) is 4.31. The first-order chi connectivity index (χ1) is 9.95. The van der Waals surface area contributed by atoms with Crippen LogP contribution in [0, 0.1) is 15.9 Å². The molecule has 0 saturated carbocycles. The second-order valence-corrected chi connectivity index (χ2v) is 4.31. The van der Waals surface area contributed by atoms with Gasteiger partial charge in [-0.1, -0.05) is 12.1 Å². The highest BCUT2D eigenvalue weighted by Gasteiger charge is 2.09. The molecule has 0 saturated heterocycles. The molecule has 0 aromatic heterocycles. The number of nitro benzene ring substituents is 1. The molecular weight excluding hydrogens is 279 g/mol. The van der Waals surface area contributed by atoms with E-state index in [9.17, 15) is 19.3 Å². The molecule has 7 heteroatoms. The third-order valence-electron chi connectivity index (χ3n) is 2.79. The fraction of sp³-hybridized carbons (Fsp3) is 0.0714. The smallest absolute Gasteiger partial charge is 0.335 e. The molecule has 0 spiro atoms. The van der Waals surface area contributed by atoms with E-state index in [2.05, 4.69) is 5.32 Å². The minimum Gasteiger partial charge on any atom is -0.478 e. The highest BCUT2D eigenvalue weighted by molar-refractivity contribution is 5.87. The molecular formula is C14H11FN2O4. The van der Waals surface area contributed by atoms with Crippen LogP contribution in [0.4, 0.5) is 15.8 Å². The molecule has 21 heavy (non-hydrogen) atoms. The van der Waals surface area contributed by atoms with Crippen molar-refractivity contribution in [1.82, 2.24) is 0 Å². The maximum absolute atomic E-state index is 13.2. The van der Waals surface area contributed by atoms with Gasteiger partial charge in [0.25, 0.3) is 5.69 Å². The summed E-state index contributed by atoms with van der Waals surface area (Å²) in [5, 5.41) is 22.3. The van der Waals surface area contributed by atoms with Crippen molar-refractivity contribution < 1.29 is 19.2 Å². The van der Waals surface area contributed by atoms with Crippen LogP contribution in [-0.2, 0) is 6.54 Å². The summed E-state index contributed by atoms with van der Waals surface area (Å²) >= 11 is 0. The van der Waals surface area contributed by atoms with Gasteiger partial charge in [0.1, 0.15) is 5.82 Å². The highest BCUT2D eigenvalue weighted by Crippen LogP contribution is 2.20.